The van der Waals surface area contributed by atoms with Crippen molar-refractivity contribution in [2.24, 2.45) is 0 Å². The Morgan fingerprint density at radius 3 is 2.90 bits per heavy atom. The van der Waals surface area contributed by atoms with Gasteiger partial charge >= 0.3 is 0 Å². The minimum atomic E-state index is -0.221. The van der Waals surface area contributed by atoms with Gasteiger partial charge in [-0.3, -0.25) is 4.79 Å². The Kier molecular flexibility index (Phi) is 3.19. The molecule has 0 aliphatic rings. The molecule has 7 heteroatoms. The first-order chi connectivity index (χ1) is 9.69. The number of aryl methyl sites for hydroxylation is 2. The van der Waals surface area contributed by atoms with Crippen LogP contribution >= 0.6 is 11.3 Å². The number of nitrogens with zero attached hydrogens (tertiary/aromatic N) is 4. The number of anilines is 1. The highest BCUT2D eigenvalue weighted by Crippen LogP contribution is 2.19. The highest BCUT2D eigenvalue weighted by molar-refractivity contribution is 7.18. The lowest BCUT2D eigenvalue weighted by atomic mass is 10.1. The van der Waals surface area contributed by atoms with Crippen molar-refractivity contribution in [2.75, 3.05) is 5.32 Å². The molecule has 0 fully saturated rings. The van der Waals surface area contributed by atoms with Crippen LogP contribution in [-0.4, -0.2) is 25.7 Å². The molecule has 2 aromatic heterocycles. The van der Waals surface area contributed by atoms with Crippen LogP contribution < -0.4 is 5.32 Å². The Labute approximate surface area is 119 Å². The van der Waals surface area contributed by atoms with Gasteiger partial charge in [-0.15, -0.1) is 15.3 Å². The summed E-state index contributed by atoms with van der Waals surface area (Å²) in [6, 6.07) is 7.75. The summed E-state index contributed by atoms with van der Waals surface area (Å²) >= 11 is 1.23. The van der Waals surface area contributed by atoms with Crippen molar-refractivity contribution in [2.45, 2.75) is 20.3 Å². The van der Waals surface area contributed by atoms with Crippen LogP contribution in [-0.2, 0) is 6.42 Å². The van der Waals surface area contributed by atoms with Crippen LogP contribution in [0.2, 0.25) is 0 Å². The molecule has 6 nitrogen and oxygen atoms in total. The van der Waals surface area contributed by atoms with Crippen molar-refractivity contribution in [3.63, 3.8) is 0 Å². The first-order valence-corrected chi connectivity index (χ1v) is 7.08. The maximum Gasteiger partial charge on any atom is 0.286 e. The number of benzene rings is 1. The van der Waals surface area contributed by atoms with Crippen LogP contribution in [0.3, 0.4) is 0 Å². The van der Waals surface area contributed by atoms with Gasteiger partial charge in [0.25, 0.3) is 5.91 Å². The number of nitrogens with one attached hydrogen (secondary N) is 1. The summed E-state index contributed by atoms with van der Waals surface area (Å²) in [5.41, 5.74) is 1.92. The topological polar surface area (TPSA) is 72.2 Å². The molecule has 102 valence electrons. The second-order valence-corrected chi connectivity index (χ2v) is 5.27. The average molecular weight is 287 g/mol. The summed E-state index contributed by atoms with van der Waals surface area (Å²) in [4.78, 5) is 12.9. The Morgan fingerprint density at radius 2 is 2.15 bits per heavy atom. The van der Waals surface area contributed by atoms with Crippen LogP contribution in [0, 0.1) is 6.92 Å². The Hall–Kier alpha value is -2.28. The fourth-order valence-electron chi connectivity index (χ4n) is 1.93. The number of aromatic nitrogens is 4. The van der Waals surface area contributed by atoms with Gasteiger partial charge in [0, 0.05) is 5.69 Å². The zero-order chi connectivity index (χ0) is 14.1. The number of hydrogen-bond acceptors (Lipinski definition) is 5. The molecule has 0 aliphatic heterocycles. The van der Waals surface area contributed by atoms with E-state index in [0.717, 1.165) is 17.7 Å². The maximum absolute atomic E-state index is 12.2. The van der Waals surface area contributed by atoms with Crippen molar-refractivity contribution < 1.29 is 4.79 Å². The minimum absolute atomic E-state index is 0.221. The highest BCUT2D eigenvalue weighted by Gasteiger charge is 2.16. The molecule has 0 bridgehead atoms. The summed E-state index contributed by atoms with van der Waals surface area (Å²) in [5.74, 6) is 0.449. The molecule has 1 N–H and O–H groups in total. The lowest BCUT2D eigenvalue weighted by molar-refractivity contribution is 0.102. The second-order valence-electron chi connectivity index (χ2n) is 4.31. The van der Waals surface area contributed by atoms with Gasteiger partial charge in [0.15, 0.2) is 5.82 Å². The van der Waals surface area contributed by atoms with E-state index in [9.17, 15) is 4.79 Å². The lowest BCUT2D eigenvalue weighted by Gasteiger charge is -2.07. The highest BCUT2D eigenvalue weighted by atomic mass is 32.1. The van der Waals surface area contributed by atoms with E-state index in [-0.39, 0.29) is 5.91 Å². The van der Waals surface area contributed by atoms with E-state index in [1.807, 2.05) is 24.3 Å². The quantitative estimate of drug-likeness (QED) is 0.802. The third kappa shape index (κ3) is 2.16. The molecule has 0 spiro atoms. The van der Waals surface area contributed by atoms with Crippen molar-refractivity contribution in [3.05, 3.63) is 40.7 Å². The second kappa shape index (κ2) is 5.01. The molecule has 1 aromatic carbocycles. The molecule has 0 aliphatic carbocycles. The molecular formula is C13H13N5OS. The normalized spacial score (nSPS) is 10.9. The molecule has 0 unspecified atom stereocenters. The Balaban J connectivity index is 1.88. The van der Waals surface area contributed by atoms with Gasteiger partial charge < -0.3 is 5.32 Å². The summed E-state index contributed by atoms with van der Waals surface area (Å²) < 4.78 is 1.57. The lowest BCUT2D eigenvalue weighted by Crippen LogP contribution is -2.13. The average Bonchev–Trinajstić information content (AvgIpc) is 3.02. The fourth-order valence-corrected chi connectivity index (χ4v) is 2.71. The predicted octanol–water partition coefficient (Wildman–Crippen LogP) is 2.31. The summed E-state index contributed by atoms with van der Waals surface area (Å²) in [7, 11) is 0. The Bertz CT molecular complexity index is 776. The maximum atomic E-state index is 12.2. The third-order valence-electron chi connectivity index (χ3n) is 2.99. The van der Waals surface area contributed by atoms with E-state index in [0.29, 0.717) is 15.8 Å². The van der Waals surface area contributed by atoms with Gasteiger partial charge in [-0.2, -0.15) is 4.52 Å². The SMILES string of the molecule is CCc1ccccc1NC(=O)c1nn2c(C)nnc2s1. The van der Waals surface area contributed by atoms with Crippen LogP contribution in [0.25, 0.3) is 4.96 Å². The van der Waals surface area contributed by atoms with Crippen LogP contribution in [0.15, 0.2) is 24.3 Å². The van der Waals surface area contributed by atoms with Crippen LogP contribution in [0.5, 0.6) is 0 Å². The molecule has 0 saturated carbocycles. The Morgan fingerprint density at radius 1 is 1.35 bits per heavy atom. The van der Waals surface area contributed by atoms with Crippen molar-refractivity contribution in [1.82, 2.24) is 19.8 Å². The predicted molar refractivity (Wildman–Crippen MR) is 77.2 cm³/mol. The van der Waals surface area contributed by atoms with E-state index >= 15 is 0 Å². The largest absolute Gasteiger partial charge is 0.320 e. The van der Waals surface area contributed by atoms with Gasteiger partial charge in [0.1, 0.15) is 0 Å². The van der Waals surface area contributed by atoms with Crippen LogP contribution in [0.4, 0.5) is 5.69 Å². The molecule has 3 rings (SSSR count). The van der Waals surface area contributed by atoms with Gasteiger partial charge in [-0.05, 0) is 25.0 Å². The van der Waals surface area contributed by atoms with Crippen molar-refractivity contribution in [3.8, 4) is 0 Å². The van der Waals surface area contributed by atoms with Crippen molar-refractivity contribution in [1.29, 1.82) is 0 Å². The molecule has 0 radical (unpaired) electrons. The number of amides is 1. The van der Waals surface area contributed by atoms with Crippen LogP contribution in [0.1, 0.15) is 28.1 Å². The molecular weight excluding hydrogens is 274 g/mol. The third-order valence-corrected chi connectivity index (χ3v) is 3.89. The zero-order valence-electron chi connectivity index (χ0n) is 11.1. The number of para-hydroxylation sites is 1. The smallest absolute Gasteiger partial charge is 0.286 e. The molecule has 3 aromatic rings. The summed E-state index contributed by atoms with van der Waals surface area (Å²) in [5, 5.41) is 15.3. The molecule has 1 amide bonds. The van der Waals surface area contributed by atoms with E-state index in [1.165, 1.54) is 11.3 Å². The first kappa shape index (κ1) is 12.7. The van der Waals surface area contributed by atoms with E-state index < -0.39 is 0 Å². The van der Waals surface area contributed by atoms with Gasteiger partial charge in [-0.25, -0.2) is 0 Å². The monoisotopic (exact) mass is 287 g/mol. The molecule has 0 atom stereocenters. The molecule has 2 heterocycles. The minimum Gasteiger partial charge on any atom is -0.320 e. The number of carbonyl (C=O) groups is 1. The standard InChI is InChI=1S/C13H13N5OS/c1-3-9-6-4-5-7-10(9)14-11(19)12-17-18-8(2)15-16-13(18)20-12/h4-7H,3H2,1-2H3,(H,14,19). The molecule has 0 saturated heterocycles. The number of hydrogen-bond donors (Lipinski definition) is 1. The van der Waals surface area contributed by atoms with Gasteiger partial charge in [-0.1, -0.05) is 36.5 Å². The summed E-state index contributed by atoms with van der Waals surface area (Å²) in [6.07, 6.45) is 0.862. The molecule has 20 heavy (non-hydrogen) atoms. The van der Waals surface area contributed by atoms with Gasteiger partial charge in [0.05, 0.1) is 0 Å². The fraction of sp³-hybridized carbons (Fsp3) is 0.231. The van der Waals surface area contributed by atoms with E-state index in [1.54, 1.807) is 11.4 Å². The van der Waals surface area contributed by atoms with Crippen molar-refractivity contribution >= 4 is 27.9 Å². The number of rotatable bonds is 3. The van der Waals surface area contributed by atoms with E-state index in [4.69, 9.17) is 0 Å². The van der Waals surface area contributed by atoms with Gasteiger partial charge in [0.2, 0.25) is 9.97 Å². The zero-order valence-corrected chi connectivity index (χ0v) is 11.9. The first-order valence-electron chi connectivity index (χ1n) is 6.27. The van der Waals surface area contributed by atoms with E-state index in [2.05, 4.69) is 27.5 Å². The number of fused-ring (bicyclic) bond motifs is 1. The summed E-state index contributed by atoms with van der Waals surface area (Å²) in [6.45, 7) is 3.85. The number of carbonyl (C=O) groups excluding carboxylic acids is 1.